The molecule has 15 heteroatoms. The molecule has 4 heterocycles. The van der Waals surface area contributed by atoms with Gasteiger partial charge in [0.2, 0.25) is 0 Å². The highest BCUT2D eigenvalue weighted by atomic mass is 19.1. The molecule has 8 atom stereocenters. The zero-order valence-corrected chi connectivity index (χ0v) is 24.9. The number of aliphatic hydroxyl groups is 2. The molecule has 2 aliphatic rings. The van der Waals surface area contributed by atoms with Crippen molar-refractivity contribution in [1.82, 2.24) is 19.1 Å². The minimum atomic E-state index is -3.21. The van der Waals surface area contributed by atoms with Gasteiger partial charge in [-0.3, -0.25) is 28.7 Å². The van der Waals surface area contributed by atoms with Gasteiger partial charge in [-0.25, -0.2) is 18.4 Å². The van der Waals surface area contributed by atoms with Crippen LogP contribution in [0.5, 0.6) is 0 Å². The highest BCUT2D eigenvalue weighted by Gasteiger charge is 2.54. The van der Waals surface area contributed by atoms with Crippen molar-refractivity contribution < 1.29 is 36.7 Å². The SMILES string of the molecule is CCCCN.CO.[2H][13C]([2H])([2H])[C@@]1(F)[C@H](C)[C@@H](CC)O[C@H]1n1ccc(=O)[nH]c1=O.[2H][13C]([2H])([2H])[C@@]1(F)[C@H](O)[C@@H](CC)O[C@H]1n1ccc(=O)[nH]c1=O. The summed E-state index contributed by atoms with van der Waals surface area (Å²) in [5, 5.41) is 17.0. The molecule has 2 aromatic heterocycles. The van der Waals surface area contributed by atoms with Gasteiger partial charge < -0.3 is 25.4 Å². The van der Waals surface area contributed by atoms with E-state index in [9.17, 15) is 24.3 Å². The first-order chi connectivity index (χ1) is 22.7. The van der Waals surface area contributed by atoms with Crippen LogP contribution in [0.3, 0.4) is 0 Å². The average molecular weight is 628 g/mol. The van der Waals surface area contributed by atoms with Crippen molar-refractivity contribution in [3.63, 3.8) is 0 Å². The second-order valence-electron chi connectivity index (χ2n) is 9.82. The Balaban J connectivity index is 0.000000412. The van der Waals surface area contributed by atoms with Crippen LogP contribution in [0.2, 0.25) is 0 Å². The molecular formula is C28H47F2N5O8. The minimum Gasteiger partial charge on any atom is -0.400 e. The molecule has 0 aliphatic carbocycles. The lowest BCUT2D eigenvalue weighted by Gasteiger charge is -2.25. The molecule has 6 N–H and O–H groups in total. The molecule has 0 saturated carbocycles. The standard InChI is InChI=1S/C12H17FN2O3.C11H15FN2O4.C4H11N.CH4O/c1-4-8-7(2)12(3,13)10(18-8)15-6-5-9(16)14-11(15)17;1-3-6-8(16)11(2,12)9(18-6)14-5-4-7(15)13-10(14)17;1-2-3-4-5;1-2/h5-8,10H,4H2,1-3H3,(H,14,16,17);4-6,8-9,16H,3H2,1-2H3,(H,13,15,17);2-5H2,1H3;2H,1H3/t7-,8-,10-,12-;6-,8-,9-,11-;;/m11../s1/i3+1D3;2+1D3;;. The molecule has 0 amide bonds. The molecule has 0 aromatic carbocycles. The summed E-state index contributed by atoms with van der Waals surface area (Å²) in [5.74, 6) is -0.918. The van der Waals surface area contributed by atoms with Crippen molar-refractivity contribution in [2.45, 2.75) is 109 Å². The number of rotatable bonds is 6. The lowest BCUT2D eigenvalue weighted by atomic mass is 9.93. The third kappa shape index (κ3) is 9.01. The number of unbranched alkanes of at least 4 members (excludes halogenated alkanes) is 1. The lowest BCUT2D eigenvalue weighted by Crippen LogP contribution is -2.43. The van der Waals surface area contributed by atoms with E-state index in [-0.39, 0.29) is 6.42 Å². The monoisotopic (exact) mass is 627 g/mol. The molecule has 4 rings (SSSR count). The Morgan fingerprint density at radius 2 is 1.35 bits per heavy atom. The van der Waals surface area contributed by atoms with Gasteiger partial charge in [0.05, 0.1) is 12.2 Å². The van der Waals surface area contributed by atoms with Crippen LogP contribution in [0.1, 0.15) is 87.8 Å². The Morgan fingerprint density at radius 1 is 0.907 bits per heavy atom. The second kappa shape index (κ2) is 16.8. The first-order valence-electron chi connectivity index (χ1n) is 16.8. The van der Waals surface area contributed by atoms with Crippen molar-refractivity contribution in [1.29, 1.82) is 0 Å². The molecule has 0 spiro atoms. The summed E-state index contributed by atoms with van der Waals surface area (Å²) in [6, 6.07) is 1.96. The summed E-state index contributed by atoms with van der Waals surface area (Å²) in [6.07, 6.45) is -2.11. The van der Waals surface area contributed by atoms with E-state index in [1.807, 2.05) is 9.97 Å². The van der Waals surface area contributed by atoms with E-state index in [4.69, 9.17) is 28.5 Å². The van der Waals surface area contributed by atoms with Crippen LogP contribution < -0.4 is 28.2 Å². The molecule has 2 fully saturated rings. The molecule has 43 heavy (non-hydrogen) atoms. The minimum absolute atomic E-state index is 0.164. The maximum atomic E-state index is 15.3. The van der Waals surface area contributed by atoms with Gasteiger partial charge in [-0.2, -0.15) is 0 Å². The maximum absolute atomic E-state index is 15.3. The van der Waals surface area contributed by atoms with Crippen LogP contribution in [-0.2, 0) is 9.47 Å². The number of nitrogens with zero attached hydrogens (tertiary/aromatic N) is 2. The predicted molar refractivity (Wildman–Crippen MR) is 157 cm³/mol. The highest BCUT2D eigenvalue weighted by molar-refractivity contribution is 5.01. The molecule has 0 unspecified atom stereocenters. The first kappa shape index (κ1) is 28.8. The number of nitrogens with one attached hydrogen (secondary N) is 2. The number of halogens is 2. The number of aliphatic hydroxyl groups excluding tert-OH is 2. The van der Waals surface area contributed by atoms with Crippen molar-refractivity contribution in [3.8, 4) is 0 Å². The van der Waals surface area contributed by atoms with Crippen molar-refractivity contribution in [3.05, 3.63) is 66.2 Å². The molecule has 2 aliphatic heterocycles. The molecule has 246 valence electrons. The fourth-order valence-electron chi connectivity index (χ4n) is 4.37. The van der Waals surface area contributed by atoms with E-state index in [2.05, 4.69) is 6.92 Å². The quantitative estimate of drug-likeness (QED) is 0.295. The smallest absolute Gasteiger partial charge is 0.330 e. The fourth-order valence-corrected chi connectivity index (χ4v) is 4.37. The van der Waals surface area contributed by atoms with Gasteiger partial charge >= 0.3 is 11.4 Å². The number of hydrogen-bond donors (Lipinski definition) is 5. The van der Waals surface area contributed by atoms with E-state index >= 15 is 8.78 Å². The van der Waals surface area contributed by atoms with Gasteiger partial charge in [-0.05, 0) is 39.5 Å². The number of ether oxygens (including phenoxy) is 2. The van der Waals surface area contributed by atoms with E-state index in [0.29, 0.717) is 11.0 Å². The molecular weight excluding hydrogens is 574 g/mol. The Bertz CT molecular complexity index is 1450. The Morgan fingerprint density at radius 3 is 1.70 bits per heavy atom. The number of H-pyrrole nitrogens is 2. The Labute approximate surface area is 257 Å². The Kier molecular flexibility index (Phi) is 11.2. The predicted octanol–water partition coefficient (Wildman–Crippen LogP) is 1.50. The number of aromatic amines is 2. The molecule has 13 nitrogen and oxygen atoms in total. The fraction of sp³-hybridized carbons (Fsp3) is 0.714. The number of alkyl halides is 2. The van der Waals surface area contributed by atoms with E-state index in [1.54, 1.807) is 13.8 Å². The normalized spacial score (nSPS) is 33.8. The number of aromatic nitrogens is 4. The number of hydrogen-bond acceptors (Lipinski definition) is 9. The third-order valence-corrected chi connectivity index (χ3v) is 6.90. The topological polar surface area (TPSA) is 195 Å². The van der Waals surface area contributed by atoms with Crippen LogP contribution in [0.15, 0.2) is 43.7 Å². The number of nitrogens with two attached hydrogens (primary N) is 1. The van der Waals surface area contributed by atoms with Crippen LogP contribution in [0.4, 0.5) is 8.78 Å². The summed E-state index contributed by atoms with van der Waals surface area (Å²) in [4.78, 5) is 49.5. The highest BCUT2D eigenvalue weighted by Crippen LogP contribution is 2.45. The van der Waals surface area contributed by atoms with Crippen LogP contribution >= 0.6 is 0 Å². The zero-order valence-electron chi connectivity index (χ0n) is 30.9. The second-order valence-corrected chi connectivity index (χ2v) is 9.82. The van der Waals surface area contributed by atoms with Gasteiger partial charge in [0, 0.05) is 45.8 Å². The van der Waals surface area contributed by atoms with Crippen LogP contribution in [0.25, 0.3) is 0 Å². The lowest BCUT2D eigenvalue weighted by molar-refractivity contribution is -0.0510. The van der Waals surface area contributed by atoms with Gasteiger partial charge in [-0.1, -0.05) is 34.1 Å². The molecule has 2 saturated heterocycles. The van der Waals surface area contributed by atoms with Crippen molar-refractivity contribution >= 4 is 0 Å². The van der Waals surface area contributed by atoms with Crippen LogP contribution in [-0.4, -0.2) is 72.6 Å². The van der Waals surface area contributed by atoms with Gasteiger partial charge in [0.15, 0.2) is 23.8 Å². The first-order valence-corrected chi connectivity index (χ1v) is 13.8. The van der Waals surface area contributed by atoms with Crippen LogP contribution in [0, 0.1) is 5.92 Å². The Hall–Kier alpha value is -2.98. The average Bonchev–Trinajstić information content (AvgIpc) is 3.45. The summed E-state index contributed by atoms with van der Waals surface area (Å²) in [5.41, 5.74) is -4.00. The van der Waals surface area contributed by atoms with E-state index < -0.39 is 84.2 Å². The summed E-state index contributed by atoms with van der Waals surface area (Å²) in [7, 11) is 1.00. The van der Waals surface area contributed by atoms with E-state index in [1.165, 1.54) is 19.8 Å². The van der Waals surface area contributed by atoms with Crippen molar-refractivity contribution in [2.75, 3.05) is 13.7 Å². The third-order valence-electron chi connectivity index (χ3n) is 6.90. The molecule has 0 radical (unpaired) electrons. The zero-order chi connectivity index (χ0) is 38.1. The van der Waals surface area contributed by atoms with E-state index in [0.717, 1.165) is 42.7 Å². The largest absolute Gasteiger partial charge is 0.400 e. The summed E-state index contributed by atoms with van der Waals surface area (Å²) >= 11 is 0. The molecule has 2 aromatic rings. The maximum Gasteiger partial charge on any atom is 0.330 e. The summed E-state index contributed by atoms with van der Waals surface area (Å²) in [6.45, 7) is 1.60. The molecule has 0 bridgehead atoms. The van der Waals surface area contributed by atoms with Gasteiger partial charge in [-0.15, -0.1) is 0 Å². The van der Waals surface area contributed by atoms with Gasteiger partial charge in [0.25, 0.3) is 11.1 Å². The van der Waals surface area contributed by atoms with Gasteiger partial charge in [0.1, 0.15) is 6.10 Å². The van der Waals surface area contributed by atoms with Crippen molar-refractivity contribution in [2.24, 2.45) is 11.7 Å². The summed E-state index contributed by atoms with van der Waals surface area (Å²) < 4.78 is 87.1.